The number of rotatable bonds is 6. The molecular formula is C21H25N3O6S. The van der Waals surface area contributed by atoms with Crippen LogP contribution in [0.3, 0.4) is 0 Å². The van der Waals surface area contributed by atoms with Crippen molar-refractivity contribution in [2.24, 2.45) is 0 Å². The summed E-state index contributed by atoms with van der Waals surface area (Å²) >= 11 is 0. The number of hydrogen-bond acceptors (Lipinski definition) is 7. The van der Waals surface area contributed by atoms with Crippen LogP contribution in [0.25, 0.3) is 0 Å². The molecule has 0 bridgehead atoms. The number of piperazine rings is 1. The number of likely N-dealkylation sites (N-methyl/N-ethyl adjacent to an activating group) is 1. The fourth-order valence-electron chi connectivity index (χ4n) is 3.21. The first kappa shape index (κ1) is 22.7. The van der Waals surface area contributed by atoms with Crippen LogP contribution in [0.5, 0.6) is 5.75 Å². The Labute approximate surface area is 181 Å². The lowest BCUT2D eigenvalue weighted by Crippen LogP contribution is -2.47. The number of methoxy groups -OCH3 is 2. The van der Waals surface area contributed by atoms with E-state index in [9.17, 15) is 18.0 Å². The highest BCUT2D eigenvalue weighted by Crippen LogP contribution is 2.24. The number of nitrogens with one attached hydrogen (secondary N) is 1. The fourth-order valence-corrected chi connectivity index (χ4v) is 4.68. The molecule has 10 heteroatoms. The number of esters is 1. The third-order valence-corrected chi connectivity index (χ3v) is 6.97. The highest BCUT2D eigenvalue weighted by molar-refractivity contribution is 7.89. The zero-order valence-electron chi connectivity index (χ0n) is 17.6. The lowest BCUT2D eigenvalue weighted by atomic mass is 10.1. The molecule has 1 fully saturated rings. The number of carbonyl (C=O) groups excluding carboxylic acids is 2. The summed E-state index contributed by atoms with van der Waals surface area (Å²) in [4.78, 5) is 27.0. The number of ether oxygens (including phenoxy) is 2. The monoisotopic (exact) mass is 447 g/mol. The predicted octanol–water partition coefficient (Wildman–Crippen LogP) is 1.67. The topological polar surface area (TPSA) is 105 Å². The van der Waals surface area contributed by atoms with Gasteiger partial charge in [0.1, 0.15) is 5.75 Å². The van der Waals surface area contributed by atoms with Crippen molar-refractivity contribution in [2.45, 2.75) is 4.90 Å². The second kappa shape index (κ2) is 9.46. The average Bonchev–Trinajstić information content (AvgIpc) is 2.79. The van der Waals surface area contributed by atoms with Gasteiger partial charge in [-0.05, 0) is 43.4 Å². The van der Waals surface area contributed by atoms with Crippen molar-refractivity contribution in [3.63, 3.8) is 0 Å². The second-order valence-corrected chi connectivity index (χ2v) is 9.03. The van der Waals surface area contributed by atoms with Gasteiger partial charge in [0, 0.05) is 31.7 Å². The van der Waals surface area contributed by atoms with E-state index in [0.29, 0.717) is 31.9 Å². The van der Waals surface area contributed by atoms with Crippen LogP contribution in [-0.2, 0) is 14.8 Å². The van der Waals surface area contributed by atoms with Crippen molar-refractivity contribution in [3.8, 4) is 5.75 Å². The SMILES string of the molecule is COC(=O)c1cc(OC)ccc1NC(=O)c1cccc(S(=O)(=O)N2CCN(C)CC2)c1. The van der Waals surface area contributed by atoms with Gasteiger partial charge in [-0.25, -0.2) is 13.2 Å². The first-order chi connectivity index (χ1) is 14.8. The lowest BCUT2D eigenvalue weighted by molar-refractivity contribution is 0.0601. The van der Waals surface area contributed by atoms with Crippen LogP contribution in [0.1, 0.15) is 20.7 Å². The minimum absolute atomic E-state index is 0.0487. The zero-order chi connectivity index (χ0) is 22.6. The van der Waals surface area contributed by atoms with Gasteiger partial charge < -0.3 is 19.7 Å². The molecule has 1 aliphatic rings. The van der Waals surface area contributed by atoms with Gasteiger partial charge >= 0.3 is 5.97 Å². The Morgan fingerprint density at radius 3 is 2.35 bits per heavy atom. The Balaban J connectivity index is 1.85. The van der Waals surface area contributed by atoms with Crippen molar-refractivity contribution in [2.75, 3.05) is 52.8 Å². The molecule has 0 radical (unpaired) electrons. The van der Waals surface area contributed by atoms with Crippen molar-refractivity contribution in [1.29, 1.82) is 0 Å². The Morgan fingerprint density at radius 1 is 1.00 bits per heavy atom. The summed E-state index contributed by atoms with van der Waals surface area (Å²) in [6.07, 6.45) is 0. The second-order valence-electron chi connectivity index (χ2n) is 7.09. The third-order valence-electron chi connectivity index (χ3n) is 5.08. The lowest BCUT2D eigenvalue weighted by Gasteiger charge is -2.31. The molecule has 3 rings (SSSR count). The number of amides is 1. The molecule has 1 amide bonds. The quantitative estimate of drug-likeness (QED) is 0.672. The van der Waals surface area contributed by atoms with Gasteiger partial charge in [0.25, 0.3) is 5.91 Å². The van der Waals surface area contributed by atoms with Crippen LogP contribution < -0.4 is 10.1 Å². The van der Waals surface area contributed by atoms with E-state index >= 15 is 0 Å². The molecule has 0 atom stereocenters. The van der Waals surface area contributed by atoms with E-state index in [1.165, 1.54) is 54.9 Å². The van der Waals surface area contributed by atoms with Crippen LogP contribution in [0.15, 0.2) is 47.4 Å². The molecule has 31 heavy (non-hydrogen) atoms. The highest BCUT2D eigenvalue weighted by atomic mass is 32.2. The van der Waals surface area contributed by atoms with Crippen molar-refractivity contribution in [3.05, 3.63) is 53.6 Å². The standard InChI is InChI=1S/C21H25N3O6S/c1-23-9-11-24(12-10-23)31(27,28)17-6-4-5-15(13-17)20(25)22-19-8-7-16(29-2)14-18(19)21(26)30-3/h4-8,13-14H,9-12H2,1-3H3,(H,22,25). The third kappa shape index (κ3) is 5.04. The molecule has 166 valence electrons. The highest BCUT2D eigenvalue weighted by Gasteiger charge is 2.28. The summed E-state index contributed by atoms with van der Waals surface area (Å²) in [5.74, 6) is -0.759. The van der Waals surface area contributed by atoms with Crippen molar-refractivity contribution >= 4 is 27.6 Å². The van der Waals surface area contributed by atoms with Crippen LogP contribution in [0, 0.1) is 0 Å². The molecule has 1 heterocycles. The summed E-state index contributed by atoms with van der Waals surface area (Å²) in [5, 5.41) is 2.65. The van der Waals surface area contributed by atoms with E-state index in [-0.39, 0.29) is 21.7 Å². The summed E-state index contributed by atoms with van der Waals surface area (Å²) in [5.41, 5.74) is 0.503. The molecule has 0 unspecified atom stereocenters. The molecule has 0 aliphatic carbocycles. The van der Waals surface area contributed by atoms with Crippen LogP contribution >= 0.6 is 0 Å². The van der Waals surface area contributed by atoms with Crippen molar-refractivity contribution in [1.82, 2.24) is 9.21 Å². The summed E-state index contributed by atoms with van der Waals surface area (Å²) < 4.78 is 37.3. The number of hydrogen-bond donors (Lipinski definition) is 1. The maximum absolute atomic E-state index is 13.0. The van der Waals surface area contributed by atoms with Gasteiger partial charge in [-0.1, -0.05) is 6.07 Å². The van der Waals surface area contributed by atoms with Crippen molar-refractivity contribution < 1.29 is 27.5 Å². The maximum Gasteiger partial charge on any atom is 0.340 e. The smallest absolute Gasteiger partial charge is 0.340 e. The average molecular weight is 448 g/mol. The summed E-state index contributed by atoms with van der Waals surface area (Å²) in [6, 6.07) is 10.4. The molecule has 0 spiro atoms. The van der Waals surface area contributed by atoms with Gasteiger partial charge in [0.05, 0.1) is 30.4 Å². The first-order valence-electron chi connectivity index (χ1n) is 9.62. The number of nitrogens with zero attached hydrogens (tertiary/aromatic N) is 2. The normalized spacial score (nSPS) is 15.3. The van der Waals surface area contributed by atoms with E-state index < -0.39 is 21.9 Å². The van der Waals surface area contributed by atoms with Gasteiger partial charge in [-0.2, -0.15) is 4.31 Å². The number of carbonyl (C=O) groups is 2. The van der Waals surface area contributed by atoms with Gasteiger partial charge in [-0.3, -0.25) is 4.79 Å². The fraction of sp³-hybridized carbons (Fsp3) is 0.333. The molecule has 2 aromatic rings. The largest absolute Gasteiger partial charge is 0.497 e. The van der Waals surface area contributed by atoms with E-state index in [2.05, 4.69) is 10.2 Å². The molecule has 1 saturated heterocycles. The molecular weight excluding hydrogens is 422 g/mol. The van der Waals surface area contributed by atoms with Gasteiger partial charge in [0.15, 0.2) is 0 Å². The summed E-state index contributed by atoms with van der Waals surface area (Å²) in [7, 11) is 0.924. The van der Waals surface area contributed by atoms with Crippen LogP contribution in [0.2, 0.25) is 0 Å². The van der Waals surface area contributed by atoms with Crippen LogP contribution in [0.4, 0.5) is 5.69 Å². The maximum atomic E-state index is 13.0. The Hall–Kier alpha value is -2.95. The predicted molar refractivity (Wildman–Crippen MR) is 115 cm³/mol. The minimum atomic E-state index is -3.71. The molecule has 0 saturated carbocycles. The zero-order valence-corrected chi connectivity index (χ0v) is 18.4. The Kier molecular flexibility index (Phi) is 6.94. The Bertz CT molecular complexity index is 1080. The van der Waals surface area contributed by atoms with Gasteiger partial charge in [0.2, 0.25) is 10.0 Å². The summed E-state index contributed by atoms with van der Waals surface area (Å²) in [6.45, 7) is 2.08. The van der Waals surface area contributed by atoms with E-state index in [1.807, 2.05) is 7.05 Å². The minimum Gasteiger partial charge on any atom is -0.497 e. The number of benzene rings is 2. The number of sulfonamides is 1. The molecule has 0 aromatic heterocycles. The molecule has 1 aliphatic heterocycles. The number of anilines is 1. The van der Waals surface area contributed by atoms with E-state index in [4.69, 9.17) is 9.47 Å². The molecule has 9 nitrogen and oxygen atoms in total. The van der Waals surface area contributed by atoms with E-state index in [1.54, 1.807) is 6.07 Å². The Morgan fingerprint density at radius 2 is 1.71 bits per heavy atom. The van der Waals surface area contributed by atoms with Gasteiger partial charge in [-0.15, -0.1) is 0 Å². The molecule has 2 aromatic carbocycles. The van der Waals surface area contributed by atoms with E-state index in [0.717, 1.165) is 0 Å². The first-order valence-corrected chi connectivity index (χ1v) is 11.1. The molecule has 1 N–H and O–H groups in total. The van der Waals surface area contributed by atoms with Crippen LogP contribution in [-0.4, -0.2) is 76.9 Å².